The van der Waals surface area contributed by atoms with Crippen molar-refractivity contribution in [1.82, 2.24) is 9.80 Å². The molecule has 1 fully saturated rings. The summed E-state index contributed by atoms with van der Waals surface area (Å²) in [6, 6.07) is 8.31. The zero-order valence-corrected chi connectivity index (χ0v) is 13.4. The largest absolute Gasteiger partial charge is 0.496 e. The summed E-state index contributed by atoms with van der Waals surface area (Å²) in [5.74, 6) is 1.00. The molecule has 0 atom stereocenters. The number of methoxy groups -OCH3 is 1. The van der Waals surface area contributed by atoms with Crippen LogP contribution in [0.1, 0.15) is 12.5 Å². The molecule has 1 aromatic carbocycles. The lowest BCUT2D eigenvalue weighted by Gasteiger charge is -2.29. The number of hydrogen-bond donors (Lipinski definition) is 0. The van der Waals surface area contributed by atoms with Crippen molar-refractivity contribution < 1.29 is 9.47 Å². The monoisotopic (exact) mass is 292 g/mol. The number of nitrogens with zero attached hydrogens (tertiary/aromatic N) is 2. The van der Waals surface area contributed by atoms with Crippen LogP contribution in [0.5, 0.6) is 5.75 Å². The first-order valence-electron chi connectivity index (χ1n) is 7.98. The number of para-hydroxylation sites is 1. The zero-order valence-electron chi connectivity index (χ0n) is 13.4. The van der Waals surface area contributed by atoms with Crippen molar-refractivity contribution >= 4 is 0 Å². The van der Waals surface area contributed by atoms with E-state index in [4.69, 9.17) is 9.47 Å². The van der Waals surface area contributed by atoms with Crippen LogP contribution in [0.2, 0.25) is 0 Å². The molecule has 0 saturated carbocycles. The Hall–Kier alpha value is -1.10. The van der Waals surface area contributed by atoms with E-state index in [0.29, 0.717) is 0 Å². The summed E-state index contributed by atoms with van der Waals surface area (Å²) in [5.41, 5.74) is 1.30. The fourth-order valence-electron chi connectivity index (χ4n) is 2.72. The number of ether oxygens (including phenoxy) is 2. The van der Waals surface area contributed by atoms with Gasteiger partial charge in [-0.25, -0.2) is 0 Å². The molecule has 1 saturated heterocycles. The molecule has 1 heterocycles. The molecular weight excluding hydrogens is 264 g/mol. The second kappa shape index (κ2) is 9.03. The third-order valence-electron chi connectivity index (χ3n) is 4.17. The van der Waals surface area contributed by atoms with Gasteiger partial charge in [0.05, 0.1) is 20.3 Å². The Balaban J connectivity index is 1.76. The predicted octanol–water partition coefficient (Wildman–Crippen LogP) is 1.89. The quantitative estimate of drug-likeness (QED) is 0.730. The lowest BCUT2D eigenvalue weighted by molar-refractivity contribution is 0.0336. The normalized spacial score (nSPS) is 16.3. The molecule has 2 rings (SSSR count). The smallest absolute Gasteiger partial charge is 0.122 e. The highest BCUT2D eigenvalue weighted by Gasteiger charge is 2.12. The van der Waals surface area contributed by atoms with Gasteiger partial charge >= 0.3 is 0 Å². The highest BCUT2D eigenvalue weighted by atomic mass is 16.5. The summed E-state index contributed by atoms with van der Waals surface area (Å²) in [6.45, 7) is 10.6. The average molecular weight is 292 g/mol. The second-order valence-electron chi connectivity index (χ2n) is 5.45. The van der Waals surface area contributed by atoms with Crippen LogP contribution in [0.25, 0.3) is 0 Å². The van der Waals surface area contributed by atoms with E-state index in [-0.39, 0.29) is 0 Å². The van der Waals surface area contributed by atoms with Crippen molar-refractivity contribution in [2.24, 2.45) is 0 Å². The van der Waals surface area contributed by atoms with Crippen molar-refractivity contribution in [2.75, 3.05) is 59.6 Å². The predicted molar refractivity (Wildman–Crippen MR) is 86.1 cm³/mol. The highest BCUT2D eigenvalue weighted by molar-refractivity contribution is 5.33. The van der Waals surface area contributed by atoms with E-state index in [1.54, 1.807) is 7.11 Å². The molecule has 118 valence electrons. The van der Waals surface area contributed by atoms with Crippen molar-refractivity contribution in [3.8, 4) is 5.75 Å². The first-order chi connectivity index (χ1) is 10.3. The van der Waals surface area contributed by atoms with Crippen molar-refractivity contribution in [3.05, 3.63) is 29.8 Å². The summed E-state index contributed by atoms with van der Waals surface area (Å²) < 4.78 is 10.8. The molecule has 21 heavy (non-hydrogen) atoms. The molecule has 1 aliphatic rings. The van der Waals surface area contributed by atoms with E-state index >= 15 is 0 Å². The van der Waals surface area contributed by atoms with Gasteiger partial charge in [-0.3, -0.25) is 4.90 Å². The van der Waals surface area contributed by atoms with Gasteiger partial charge in [-0.1, -0.05) is 25.1 Å². The maximum Gasteiger partial charge on any atom is 0.122 e. The Bertz CT molecular complexity index is 406. The van der Waals surface area contributed by atoms with Crippen LogP contribution in [0, 0.1) is 0 Å². The number of rotatable bonds is 8. The van der Waals surface area contributed by atoms with Crippen LogP contribution >= 0.6 is 0 Å². The van der Waals surface area contributed by atoms with Crippen LogP contribution in [-0.4, -0.2) is 69.4 Å². The average Bonchev–Trinajstić information content (AvgIpc) is 2.56. The number of likely N-dealkylation sites (N-methyl/N-ethyl adjacent to an activating group) is 1. The molecule has 0 aliphatic carbocycles. The topological polar surface area (TPSA) is 24.9 Å². The lowest BCUT2D eigenvalue weighted by Crippen LogP contribution is -2.41. The van der Waals surface area contributed by atoms with E-state index in [9.17, 15) is 0 Å². The standard InChI is InChI=1S/C17H28N2O2/c1-3-18(10-11-19-12-14-21-15-13-19)9-8-16-6-4-5-7-17(16)20-2/h4-7H,3,8-15H2,1-2H3. The number of morpholine rings is 1. The van der Waals surface area contributed by atoms with Gasteiger partial charge in [-0.05, 0) is 24.6 Å². The molecule has 1 aliphatic heterocycles. The molecule has 0 aromatic heterocycles. The summed E-state index contributed by atoms with van der Waals surface area (Å²) in [4.78, 5) is 5.01. The van der Waals surface area contributed by atoms with E-state index in [1.807, 2.05) is 12.1 Å². The molecule has 4 nitrogen and oxygen atoms in total. The minimum atomic E-state index is 0.882. The Morgan fingerprint density at radius 2 is 1.95 bits per heavy atom. The van der Waals surface area contributed by atoms with Gasteiger partial charge in [0.2, 0.25) is 0 Å². The van der Waals surface area contributed by atoms with Gasteiger partial charge in [-0.15, -0.1) is 0 Å². The first-order valence-corrected chi connectivity index (χ1v) is 7.98. The molecule has 0 bridgehead atoms. The first kappa shape index (κ1) is 16.3. The molecule has 0 unspecified atom stereocenters. The van der Waals surface area contributed by atoms with Crippen molar-refractivity contribution in [2.45, 2.75) is 13.3 Å². The Kier molecular flexibility index (Phi) is 7.00. The molecule has 0 amide bonds. The molecule has 1 aromatic rings. The molecular formula is C17H28N2O2. The van der Waals surface area contributed by atoms with E-state index < -0.39 is 0 Å². The maximum atomic E-state index is 5.43. The van der Waals surface area contributed by atoms with Gasteiger partial charge in [0.1, 0.15) is 5.75 Å². The van der Waals surface area contributed by atoms with Crippen LogP contribution in [0.15, 0.2) is 24.3 Å². The van der Waals surface area contributed by atoms with E-state index in [0.717, 1.165) is 64.7 Å². The Morgan fingerprint density at radius 3 is 2.67 bits per heavy atom. The van der Waals surface area contributed by atoms with Crippen LogP contribution in [0.4, 0.5) is 0 Å². The zero-order chi connectivity index (χ0) is 14.9. The maximum absolute atomic E-state index is 5.43. The fraction of sp³-hybridized carbons (Fsp3) is 0.647. The third kappa shape index (κ3) is 5.30. The summed E-state index contributed by atoms with van der Waals surface area (Å²) in [5, 5.41) is 0. The van der Waals surface area contributed by atoms with Crippen molar-refractivity contribution in [3.63, 3.8) is 0 Å². The summed E-state index contributed by atoms with van der Waals surface area (Å²) in [7, 11) is 1.74. The van der Waals surface area contributed by atoms with Gasteiger partial charge in [-0.2, -0.15) is 0 Å². The molecule has 0 radical (unpaired) electrons. The van der Waals surface area contributed by atoms with Crippen LogP contribution in [-0.2, 0) is 11.2 Å². The van der Waals surface area contributed by atoms with Crippen molar-refractivity contribution in [1.29, 1.82) is 0 Å². The fourth-order valence-corrected chi connectivity index (χ4v) is 2.72. The second-order valence-corrected chi connectivity index (χ2v) is 5.45. The Labute approximate surface area is 128 Å². The van der Waals surface area contributed by atoms with Gasteiger partial charge < -0.3 is 14.4 Å². The minimum Gasteiger partial charge on any atom is -0.496 e. The minimum absolute atomic E-state index is 0.882. The third-order valence-corrected chi connectivity index (χ3v) is 4.17. The van der Waals surface area contributed by atoms with E-state index in [2.05, 4.69) is 28.9 Å². The van der Waals surface area contributed by atoms with E-state index in [1.165, 1.54) is 5.56 Å². The SMILES string of the molecule is CCN(CCc1ccccc1OC)CCN1CCOCC1. The Morgan fingerprint density at radius 1 is 1.19 bits per heavy atom. The molecule has 0 N–H and O–H groups in total. The molecule has 0 spiro atoms. The number of benzene rings is 1. The highest BCUT2D eigenvalue weighted by Crippen LogP contribution is 2.17. The van der Waals surface area contributed by atoms with Gasteiger partial charge in [0.15, 0.2) is 0 Å². The summed E-state index contributed by atoms with van der Waals surface area (Å²) >= 11 is 0. The van der Waals surface area contributed by atoms with Crippen LogP contribution < -0.4 is 4.74 Å². The lowest BCUT2D eigenvalue weighted by atomic mass is 10.1. The van der Waals surface area contributed by atoms with Crippen LogP contribution in [0.3, 0.4) is 0 Å². The molecule has 4 heteroatoms. The van der Waals surface area contributed by atoms with Gasteiger partial charge in [0.25, 0.3) is 0 Å². The summed E-state index contributed by atoms with van der Waals surface area (Å²) in [6.07, 6.45) is 1.04. The number of hydrogen-bond acceptors (Lipinski definition) is 4. The van der Waals surface area contributed by atoms with Gasteiger partial charge in [0, 0.05) is 32.7 Å².